The first-order chi connectivity index (χ1) is 15.5. The van der Waals surface area contributed by atoms with E-state index in [0.717, 1.165) is 36.1 Å². The lowest BCUT2D eigenvalue weighted by Crippen LogP contribution is -2.51. The van der Waals surface area contributed by atoms with Gasteiger partial charge in [0.05, 0.1) is 18.2 Å². The molecule has 4 rings (SSSR count). The minimum Gasteiger partial charge on any atom is -0.481 e. The average molecular weight is 437 g/mol. The molecule has 0 spiro atoms. The first-order valence-corrected chi connectivity index (χ1v) is 11.0. The highest BCUT2D eigenvalue weighted by molar-refractivity contribution is 5.91. The molecule has 2 aliphatic rings. The molecule has 1 aliphatic heterocycles. The van der Waals surface area contributed by atoms with Crippen LogP contribution >= 0.6 is 0 Å². The molecule has 1 heterocycles. The van der Waals surface area contributed by atoms with Crippen LogP contribution in [-0.4, -0.2) is 41.1 Å². The summed E-state index contributed by atoms with van der Waals surface area (Å²) in [6.45, 7) is 0.201. The van der Waals surface area contributed by atoms with Gasteiger partial charge in [0.25, 0.3) is 0 Å². The molecule has 1 N–H and O–H groups in total. The molecule has 0 aromatic heterocycles. The van der Waals surface area contributed by atoms with Crippen LogP contribution in [0.5, 0.6) is 0 Å². The van der Waals surface area contributed by atoms with E-state index in [1.807, 2.05) is 54.6 Å². The summed E-state index contributed by atoms with van der Waals surface area (Å²) < 4.78 is 5.68. The normalized spacial score (nSPS) is 21.4. The van der Waals surface area contributed by atoms with Crippen molar-refractivity contribution < 1.29 is 24.2 Å². The molecule has 1 aliphatic carbocycles. The minimum absolute atomic E-state index is 0.0370. The zero-order chi connectivity index (χ0) is 22.7. The van der Waals surface area contributed by atoms with Gasteiger partial charge in [-0.3, -0.25) is 14.5 Å². The van der Waals surface area contributed by atoms with Crippen LogP contribution in [0, 0.1) is 5.92 Å². The third kappa shape index (κ3) is 4.33. The Labute approximate surface area is 187 Å². The van der Waals surface area contributed by atoms with Gasteiger partial charge in [-0.05, 0) is 30.0 Å². The molecule has 1 saturated carbocycles. The van der Waals surface area contributed by atoms with Crippen molar-refractivity contribution in [1.29, 1.82) is 0 Å². The van der Waals surface area contributed by atoms with Crippen molar-refractivity contribution in [2.24, 2.45) is 5.92 Å². The summed E-state index contributed by atoms with van der Waals surface area (Å²) in [5, 5.41) is 8.96. The van der Waals surface area contributed by atoms with Crippen LogP contribution in [0.4, 0.5) is 10.5 Å². The summed E-state index contributed by atoms with van der Waals surface area (Å²) in [4.78, 5) is 40.4. The number of anilines is 1. The standard InChI is InChI=1S/C25H28N2O5/c1-26(22(28)14-15-23(29)30)24-18-10-5-6-12-20(18)27(21-13-7-11-19(21)24)25(31)32-16-17-8-3-2-4-9-17/h2-6,8-10,12,19,21,24H,7,11,13-16H2,1H3,(H,29,30). The molecule has 0 radical (unpaired) electrons. The molecule has 3 atom stereocenters. The average Bonchev–Trinajstić information content (AvgIpc) is 3.28. The van der Waals surface area contributed by atoms with E-state index < -0.39 is 5.97 Å². The highest BCUT2D eigenvalue weighted by atomic mass is 16.6. The zero-order valence-corrected chi connectivity index (χ0v) is 18.1. The Kier molecular flexibility index (Phi) is 6.44. The topological polar surface area (TPSA) is 87.2 Å². The van der Waals surface area contributed by atoms with Crippen molar-refractivity contribution in [3.05, 3.63) is 65.7 Å². The van der Waals surface area contributed by atoms with E-state index >= 15 is 0 Å². The maximum absolute atomic E-state index is 13.2. The fourth-order valence-electron chi connectivity index (χ4n) is 5.09. The van der Waals surface area contributed by atoms with Crippen LogP contribution < -0.4 is 4.90 Å². The Balaban J connectivity index is 1.61. The second-order valence-electron chi connectivity index (χ2n) is 8.47. The molecule has 2 amide bonds. The van der Waals surface area contributed by atoms with Crippen LogP contribution in [-0.2, 0) is 20.9 Å². The van der Waals surface area contributed by atoms with Gasteiger partial charge in [0, 0.05) is 25.4 Å². The Hall–Kier alpha value is -3.35. The van der Waals surface area contributed by atoms with Crippen LogP contribution in [0.1, 0.15) is 49.3 Å². The summed E-state index contributed by atoms with van der Waals surface area (Å²) in [7, 11) is 1.74. The predicted molar refractivity (Wildman–Crippen MR) is 119 cm³/mol. The number of benzene rings is 2. The Morgan fingerprint density at radius 1 is 1.03 bits per heavy atom. The number of para-hydroxylation sites is 1. The second-order valence-corrected chi connectivity index (χ2v) is 8.47. The summed E-state index contributed by atoms with van der Waals surface area (Å²) in [6.07, 6.45) is 2.08. The lowest BCUT2D eigenvalue weighted by Gasteiger charge is -2.46. The van der Waals surface area contributed by atoms with E-state index in [1.54, 1.807) is 16.8 Å². The summed E-state index contributed by atoms with van der Waals surface area (Å²) in [6, 6.07) is 17.0. The molecule has 168 valence electrons. The predicted octanol–water partition coefficient (Wildman–Crippen LogP) is 4.38. The van der Waals surface area contributed by atoms with Gasteiger partial charge in [-0.15, -0.1) is 0 Å². The van der Waals surface area contributed by atoms with Crippen molar-refractivity contribution in [2.75, 3.05) is 11.9 Å². The van der Waals surface area contributed by atoms with Crippen molar-refractivity contribution in [3.8, 4) is 0 Å². The van der Waals surface area contributed by atoms with E-state index in [-0.39, 0.29) is 49.5 Å². The third-order valence-electron chi connectivity index (χ3n) is 6.55. The minimum atomic E-state index is -0.984. The number of carbonyl (C=O) groups is 3. The van der Waals surface area contributed by atoms with Crippen LogP contribution in [0.2, 0.25) is 0 Å². The van der Waals surface area contributed by atoms with E-state index in [0.29, 0.717) is 0 Å². The van der Waals surface area contributed by atoms with Gasteiger partial charge in [-0.1, -0.05) is 55.0 Å². The number of aliphatic carboxylic acids is 1. The molecular weight excluding hydrogens is 408 g/mol. The highest BCUT2D eigenvalue weighted by Gasteiger charge is 2.48. The number of amides is 2. The maximum atomic E-state index is 13.2. The molecule has 7 nitrogen and oxygen atoms in total. The van der Waals surface area contributed by atoms with Gasteiger partial charge in [0.15, 0.2) is 0 Å². The van der Waals surface area contributed by atoms with Gasteiger partial charge in [-0.2, -0.15) is 0 Å². The molecule has 2 aromatic carbocycles. The van der Waals surface area contributed by atoms with Gasteiger partial charge < -0.3 is 14.7 Å². The summed E-state index contributed by atoms with van der Waals surface area (Å²) in [5.74, 6) is -1.10. The Morgan fingerprint density at radius 3 is 2.50 bits per heavy atom. The zero-order valence-electron chi connectivity index (χ0n) is 18.1. The van der Waals surface area contributed by atoms with E-state index in [9.17, 15) is 14.4 Å². The molecule has 2 aromatic rings. The quantitative estimate of drug-likeness (QED) is 0.726. The second kappa shape index (κ2) is 9.42. The van der Waals surface area contributed by atoms with Gasteiger partial charge in [0.2, 0.25) is 5.91 Å². The summed E-state index contributed by atoms with van der Waals surface area (Å²) in [5.41, 5.74) is 2.59. The number of carboxylic acids is 1. The van der Waals surface area contributed by atoms with Crippen LogP contribution in [0.15, 0.2) is 54.6 Å². The van der Waals surface area contributed by atoms with Crippen molar-refractivity contribution in [2.45, 2.75) is 50.8 Å². The SMILES string of the molecule is CN(C(=O)CCC(=O)O)C1c2ccccc2N(C(=O)OCc2ccccc2)C2CCCC12. The molecule has 32 heavy (non-hydrogen) atoms. The number of nitrogens with zero attached hydrogens (tertiary/aromatic N) is 2. The van der Waals surface area contributed by atoms with Gasteiger partial charge >= 0.3 is 12.1 Å². The highest BCUT2D eigenvalue weighted by Crippen LogP contribution is 2.50. The molecular formula is C25H28N2O5. The lowest BCUT2D eigenvalue weighted by atomic mass is 9.82. The molecule has 7 heteroatoms. The van der Waals surface area contributed by atoms with Crippen molar-refractivity contribution in [1.82, 2.24) is 4.90 Å². The number of carboxylic acid groups (broad SMARTS) is 1. The maximum Gasteiger partial charge on any atom is 0.414 e. The van der Waals surface area contributed by atoms with Crippen molar-refractivity contribution in [3.63, 3.8) is 0 Å². The number of rotatable bonds is 6. The van der Waals surface area contributed by atoms with E-state index in [1.165, 1.54) is 0 Å². The van der Waals surface area contributed by atoms with Crippen LogP contribution in [0.25, 0.3) is 0 Å². The number of hydrogen-bond donors (Lipinski definition) is 1. The molecule has 3 unspecified atom stereocenters. The fourth-order valence-corrected chi connectivity index (χ4v) is 5.09. The Bertz CT molecular complexity index is 993. The van der Waals surface area contributed by atoms with E-state index in [2.05, 4.69) is 0 Å². The van der Waals surface area contributed by atoms with Gasteiger partial charge in [-0.25, -0.2) is 4.79 Å². The van der Waals surface area contributed by atoms with Crippen molar-refractivity contribution >= 4 is 23.7 Å². The number of carbonyl (C=O) groups excluding carboxylic acids is 2. The monoisotopic (exact) mass is 436 g/mol. The fraction of sp³-hybridized carbons (Fsp3) is 0.400. The molecule has 0 saturated heterocycles. The smallest absolute Gasteiger partial charge is 0.414 e. The van der Waals surface area contributed by atoms with Gasteiger partial charge in [0.1, 0.15) is 6.61 Å². The lowest BCUT2D eigenvalue weighted by molar-refractivity contribution is -0.141. The number of hydrogen-bond acceptors (Lipinski definition) is 4. The van der Waals surface area contributed by atoms with E-state index in [4.69, 9.17) is 9.84 Å². The first-order valence-electron chi connectivity index (χ1n) is 11.0. The first kappa shape index (κ1) is 21.9. The molecule has 1 fully saturated rings. The largest absolute Gasteiger partial charge is 0.481 e. The number of fused-ring (bicyclic) bond motifs is 2. The Morgan fingerprint density at radius 2 is 1.75 bits per heavy atom. The third-order valence-corrected chi connectivity index (χ3v) is 6.55. The number of ether oxygens (including phenoxy) is 1. The van der Waals surface area contributed by atoms with Crippen LogP contribution in [0.3, 0.4) is 0 Å². The molecule has 0 bridgehead atoms. The summed E-state index contributed by atoms with van der Waals surface area (Å²) >= 11 is 0.